The smallest absolute Gasteiger partial charge is 0.550 e. The molecule has 22 heavy (non-hydrogen) atoms. The molecule has 0 radical (unpaired) electrons. The molecule has 0 amide bonds. The minimum Gasteiger partial charge on any atom is -0.550 e. The van der Waals surface area contributed by atoms with Gasteiger partial charge < -0.3 is 15.0 Å². The number of aliphatic hydroxyl groups is 1. The first kappa shape index (κ1) is 25.3. The van der Waals surface area contributed by atoms with Crippen molar-refractivity contribution in [3.05, 3.63) is 0 Å². The maximum Gasteiger partial charge on any atom is 1.00 e. The Kier molecular flexibility index (Phi) is 23.1. The van der Waals surface area contributed by atoms with Crippen molar-refractivity contribution in [3.8, 4) is 0 Å². The van der Waals surface area contributed by atoms with E-state index < -0.39 is 12.1 Å². The number of hydrogen-bond donors (Lipinski definition) is 1. The summed E-state index contributed by atoms with van der Waals surface area (Å²) < 4.78 is 0. The van der Waals surface area contributed by atoms with Crippen LogP contribution in [0.25, 0.3) is 0 Å². The van der Waals surface area contributed by atoms with Gasteiger partial charge >= 0.3 is 51.4 Å². The van der Waals surface area contributed by atoms with Crippen LogP contribution in [-0.4, -0.2) is 17.2 Å². The van der Waals surface area contributed by atoms with Crippen LogP contribution in [-0.2, 0) is 4.79 Å². The van der Waals surface area contributed by atoms with Crippen LogP contribution in [0.5, 0.6) is 0 Å². The fourth-order valence-electron chi connectivity index (χ4n) is 2.65. The van der Waals surface area contributed by atoms with E-state index in [1.54, 1.807) is 0 Å². The molecule has 0 fully saturated rings. The molecule has 0 spiro atoms. The topological polar surface area (TPSA) is 60.4 Å². The Balaban J connectivity index is 0. The second-order valence-electron chi connectivity index (χ2n) is 6.24. The summed E-state index contributed by atoms with van der Waals surface area (Å²) in [5, 5.41) is 19.8. The standard InChI is InChI=1S/C18H36O3.K/c1-2-3-4-5-6-7-8-9-10-11-12-13-14-17(19)15-16-18(20)21;/h17,19H,2-16H2,1H3,(H,20,21);/q;+1/p-1. The molecule has 126 valence electrons. The van der Waals surface area contributed by atoms with Crippen molar-refractivity contribution < 1.29 is 66.4 Å². The van der Waals surface area contributed by atoms with Crippen molar-refractivity contribution in [2.24, 2.45) is 0 Å². The summed E-state index contributed by atoms with van der Waals surface area (Å²) in [5.74, 6) is -1.07. The SMILES string of the molecule is CCCCCCCCCCCCCCC(O)CCC(=O)[O-].[K+]. The number of rotatable bonds is 16. The van der Waals surface area contributed by atoms with E-state index in [1.165, 1.54) is 64.2 Å². The fraction of sp³-hybridized carbons (Fsp3) is 0.944. The van der Waals surface area contributed by atoms with E-state index in [4.69, 9.17) is 0 Å². The van der Waals surface area contributed by atoms with Gasteiger partial charge in [-0.25, -0.2) is 0 Å². The van der Waals surface area contributed by atoms with Gasteiger partial charge in [-0.1, -0.05) is 84.0 Å². The first-order valence-electron chi connectivity index (χ1n) is 9.04. The number of aliphatic hydroxyl groups excluding tert-OH is 1. The molecule has 4 heteroatoms. The van der Waals surface area contributed by atoms with Crippen LogP contribution in [0, 0.1) is 0 Å². The molecule has 0 saturated carbocycles. The molecule has 0 aliphatic rings. The molecule has 0 aromatic carbocycles. The Morgan fingerprint density at radius 1 is 0.818 bits per heavy atom. The van der Waals surface area contributed by atoms with E-state index in [1.807, 2.05) is 0 Å². The van der Waals surface area contributed by atoms with Crippen LogP contribution in [0.15, 0.2) is 0 Å². The first-order chi connectivity index (χ1) is 10.2. The van der Waals surface area contributed by atoms with E-state index >= 15 is 0 Å². The zero-order valence-corrected chi connectivity index (χ0v) is 18.1. The minimum atomic E-state index is -1.07. The van der Waals surface area contributed by atoms with Crippen LogP contribution in [0.1, 0.15) is 103 Å². The van der Waals surface area contributed by atoms with Crippen molar-refractivity contribution in [2.45, 2.75) is 109 Å². The normalized spacial score (nSPS) is 11.9. The van der Waals surface area contributed by atoms with Gasteiger partial charge in [0, 0.05) is 5.97 Å². The fourth-order valence-corrected chi connectivity index (χ4v) is 2.65. The molecule has 3 nitrogen and oxygen atoms in total. The summed E-state index contributed by atoms with van der Waals surface area (Å²) in [6, 6.07) is 0. The third-order valence-corrected chi connectivity index (χ3v) is 4.07. The zero-order chi connectivity index (χ0) is 15.8. The summed E-state index contributed by atoms with van der Waals surface area (Å²) in [4.78, 5) is 10.3. The molecular formula is C18H35KO3. The van der Waals surface area contributed by atoms with E-state index in [0.29, 0.717) is 6.42 Å². The molecule has 0 heterocycles. The Morgan fingerprint density at radius 2 is 1.23 bits per heavy atom. The maximum atomic E-state index is 10.3. The van der Waals surface area contributed by atoms with Crippen molar-refractivity contribution in [1.29, 1.82) is 0 Å². The summed E-state index contributed by atoms with van der Waals surface area (Å²) in [5.41, 5.74) is 0. The first-order valence-corrected chi connectivity index (χ1v) is 9.04. The predicted molar refractivity (Wildman–Crippen MR) is 85.9 cm³/mol. The van der Waals surface area contributed by atoms with Gasteiger partial charge in [-0.3, -0.25) is 0 Å². The van der Waals surface area contributed by atoms with Crippen LogP contribution >= 0.6 is 0 Å². The van der Waals surface area contributed by atoms with Crippen LogP contribution in [0.2, 0.25) is 0 Å². The number of carboxylic acids is 1. The van der Waals surface area contributed by atoms with Crippen LogP contribution < -0.4 is 56.5 Å². The predicted octanol–water partition coefficient (Wildman–Crippen LogP) is 0.973. The number of carbonyl (C=O) groups excluding carboxylic acids is 1. The summed E-state index contributed by atoms with van der Waals surface area (Å²) >= 11 is 0. The van der Waals surface area contributed by atoms with E-state index in [0.717, 1.165) is 19.3 Å². The third-order valence-electron chi connectivity index (χ3n) is 4.07. The molecule has 0 saturated heterocycles. The Hall–Kier alpha value is 1.07. The number of aliphatic carboxylic acids is 1. The molecule has 0 aliphatic carbocycles. The molecule has 1 atom stereocenters. The summed E-state index contributed by atoms with van der Waals surface area (Å²) in [7, 11) is 0. The van der Waals surface area contributed by atoms with Crippen LogP contribution in [0.4, 0.5) is 0 Å². The molecular weight excluding hydrogens is 303 g/mol. The molecule has 0 aromatic rings. The average Bonchev–Trinajstić information content (AvgIpc) is 2.46. The second kappa shape index (κ2) is 20.1. The second-order valence-corrected chi connectivity index (χ2v) is 6.24. The average molecular weight is 339 g/mol. The van der Waals surface area contributed by atoms with E-state index in [2.05, 4.69) is 6.92 Å². The number of carbonyl (C=O) groups is 1. The van der Waals surface area contributed by atoms with Crippen LogP contribution in [0.3, 0.4) is 0 Å². The zero-order valence-electron chi connectivity index (χ0n) is 14.9. The minimum absolute atomic E-state index is 0. The van der Waals surface area contributed by atoms with Gasteiger partial charge in [-0.2, -0.15) is 0 Å². The Morgan fingerprint density at radius 3 is 1.64 bits per heavy atom. The molecule has 0 rings (SSSR count). The quantitative estimate of drug-likeness (QED) is 0.337. The number of carboxylic acid groups (broad SMARTS) is 1. The molecule has 0 aromatic heterocycles. The Labute approximate surface area is 180 Å². The van der Waals surface area contributed by atoms with Gasteiger partial charge in [0.2, 0.25) is 0 Å². The summed E-state index contributed by atoms with van der Waals surface area (Å²) in [6.45, 7) is 2.25. The van der Waals surface area contributed by atoms with Crippen molar-refractivity contribution in [1.82, 2.24) is 0 Å². The monoisotopic (exact) mass is 338 g/mol. The van der Waals surface area contributed by atoms with Gasteiger partial charge in [0.15, 0.2) is 0 Å². The molecule has 1 N–H and O–H groups in total. The van der Waals surface area contributed by atoms with Gasteiger partial charge in [-0.15, -0.1) is 0 Å². The third kappa shape index (κ3) is 21.1. The van der Waals surface area contributed by atoms with E-state index in [9.17, 15) is 15.0 Å². The van der Waals surface area contributed by atoms with Gasteiger partial charge in [0.05, 0.1) is 6.10 Å². The largest absolute Gasteiger partial charge is 1.00 e. The summed E-state index contributed by atoms with van der Waals surface area (Å²) in [6.07, 6.45) is 16.2. The van der Waals surface area contributed by atoms with Crippen molar-refractivity contribution in [3.63, 3.8) is 0 Å². The van der Waals surface area contributed by atoms with Gasteiger partial charge in [-0.05, 0) is 19.3 Å². The van der Waals surface area contributed by atoms with Crippen molar-refractivity contribution in [2.75, 3.05) is 0 Å². The van der Waals surface area contributed by atoms with E-state index in [-0.39, 0.29) is 57.8 Å². The maximum absolute atomic E-state index is 10.3. The Bertz CT molecular complexity index is 234. The van der Waals surface area contributed by atoms with Gasteiger partial charge in [0.25, 0.3) is 0 Å². The number of unbranched alkanes of at least 4 members (excludes halogenated alkanes) is 11. The molecule has 0 aliphatic heterocycles. The number of hydrogen-bond acceptors (Lipinski definition) is 3. The molecule has 0 bridgehead atoms. The van der Waals surface area contributed by atoms with Crippen molar-refractivity contribution >= 4 is 5.97 Å². The molecule has 1 unspecified atom stereocenters. The van der Waals surface area contributed by atoms with Gasteiger partial charge in [0.1, 0.15) is 0 Å².